The lowest BCUT2D eigenvalue weighted by Gasteiger charge is -2.31. The highest BCUT2D eigenvalue weighted by Gasteiger charge is 2.31. The number of piperazine rings is 1. The van der Waals surface area contributed by atoms with Crippen LogP contribution in [0.25, 0.3) is 0 Å². The van der Waals surface area contributed by atoms with E-state index in [2.05, 4.69) is 12.4 Å². The Kier molecular flexibility index (Phi) is 2.77. The summed E-state index contributed by atoms with van der Waals surface area (Å²) in [5, 5.41) is 2.63. The molecule has 6 heteroatoms. The largest absolute Gasteiger partial charge is 0.336 e. The summed E-state index contributed by atoms with van der Waals surface area (Å²) in [5.74, 6) is 0. The van der Waals surface area contributed by atoms with Crippen molar-refractivity contribution in [2.45, 2.75) is 0 Å². The van der Waals surface area contributed by atoms with Crippen LogP contribution in [0.1, 0.15) is 0 Å². The second kappa shape index (κ2) is 4.06. The molecule has 2 fully saturated rings. The molecule has 2 heterocycles. The van der Waals surface area contributed by atoms with Crippen molar-refractivity contribution in [3.05, 3.63) is 0 Å². The second-order valence-electron chi connectivity index (χ2n) is 4.11. The number of hydrogen-bond acceptors (Lipinski definition) is 2. The topological polar surface area (TPSA) is 57.1 Å². The molecule has 0 spiro atoms. The lowest BCUT2D eigenvalue weighted by Crippen LogP contribution is -3.12. The third kappa shape index (κ3) is 2.04. The summed E-state index contributed by atoms with van der Waals surface area (Å²) in [4.78, 5) is 27.7. The zero-order valence-corrected chi connectivity index (χ0v) is 8.95. The number of rotatable bonds is 0. The minimum atomic E-state index is -0.258. The van der Waals surface area contributed by atoms with Crippen molar-refractivity contribution < 1.29 is 14.5 Å². The van der Waals surface area contributed by atoms with Crippen LogP contribution < -0.4 is 10.2 Å². The predicted molar refractivity (Wildman–Crippen MR) is 53.7 cm³/mol. The quantitative estimate of drug-likeness (QED) is 0.487. The maximum atomic E-state index is 11.9. The zero-order chi connectivity index (χ0) is 10.8. The van der Waals surface area contributed by atoms with E-state index >= 15 is 0 Å². The first-order valence-corrected chi connectivity index (χ1v) is 5.34. The van der Waals surface area contributed by atoms with Gasteiger partial charge in [0.05, 0.1) is 33.2 Å². The molecule has 2 aliphatic rings. The van der Waals surface area contributed by atoms with E-state index in [0.29, 0.717) is 13.1 Å². The van der Waals surface area contributed by atoms with E-state index in [9.17, 15) is 9.59 Å². The molecule has 0 saturated carbocycles. The van der Waals surface area contributed by atoms with E-state index in [-0.39, 0.29) is 12.1 Å². The highest BCUT2D eigenvalue weighted by atomic mass is 16.2. The van der Waals surface area contributed by atoms with Crippen molar-refractivity contribution in [3.63, 3.8) is 0 Å². The third-order valence-corrected chi connectivity index (χ3v) is 2.98. The van der Waals surface area contributed by atoms with E-state index < -0.39 is 0 Å². The molecule has 0 bridgehead atoms. The molecular weight excluding hydrogens is 196 g/mol. The molecule has 0 aromatic rings. The Labute approximate surface area is 88.8 Å². The number of urea groups is 2. The number of likely N-dealkylation sites (N-methyl/N-ethyl adjacent to an activating group) is 1. The van der Waals surface area contributed by atoms with Gasteiger partial charge in [-0.05, 0) is 0 Å². The molecule has 6 nitrogen and oxygen atoms in total. The predicted octanol–water partition coefficient (Wildman–Crippen LogP) is -2.04. The van der Waals surface area contributed by atoms with Gasteiger partial charge in [-0.25, -0.2) is 14.5 Å². The number of nitrogens with one attached hydrogen (secondary N) is 2. The smallest absolute Gasteiger partial charge is 0.328 e. The number of amides is 4. The number of carbonyl (C=O) groups is 2. The zero-order valence-electron chi connectivity index (χ0n) is 8.95. The van der Waals surface area contributed by atoms with Crippen LogP contribution in [0, 0.1) is 0 Å². The number of quaternary nitrogens is 1. The van der Waals surface area contributed by atoms with Crippen LogP contribution >= 0.6 is 0 Å². The molecule has 0 radical (unpaired) electrons. The standard InChI is InChI=1S/C9H16N4O2/c1-11-4-6-12(7-5-11)9(15)13-3-2-10-8(13)14/h2-7H2,1H3,(H,10,14)/p+1. The average Bonchev–Trinajstić information content (AvgIpc) is 2.65. The Morgan fingerprint density at radius 2 is 2.00 bits per heavy atom. The Bertz CT molecular complexity index is 273. The van der Waals surface area contributed by atoms with Crippen LogP contribution in [0.3, 0.4) is 0 Å². The van der Waals surface area contributed by atoms with Gasteiger partial charge < -0.3 is 15.1 Å². The number of carbonyl (C=O) groups excluding carboxylic acids is 2. The summed E-state index contributed by atoms with van der Waals surface area (Å²) in [7, 11) is 2.12. The maximum absolute atomic E-state index is 11.9. The summed E-state index contributed by atoms with van der Waals surface area (Å²) in [6, 6.07) is -0.399. The number of hydrogen-bond donors (Lipinski definition) is 2. The van der Waals surface area contributed by atoms with Gasteiger partial charge in [0.2, 0.25) is 0 Å². The molecular formula is C9H17N4O2+. The number of nitrogens with zero attached hydrogens (tertiary/aromatic N) is 2. The van der Waals surface area contributed by atoms with Crippen LogP contribution in [-0.4, -0.2) is 68.2 Å². The van der Waals surface area contributed by atoms with E-state index in [0.717, 1.165) is 26.2 Å². The maximum Gasteiger partial charge on any atom is 0.328 e. The highest BCUT2D eigenvalue weighted by molar-refractivity contribution is 5.94. The van der Waals surface area contributed by atoms with Gasteiger partial charge in [-0.15, -0.1) is 0 Å². The Morgan fingerprint density at radius 3 is 2.53 bits per heavy atom. The molecule has 0 aromatic heterocycles. The molecule has 2 saturated heterocycles. The fourth-order valence-electron chi connectivity index (χ4n) is 1.90. The third-order valence-electron chi connectivity index (χ3n) is 2.98. The van der Waals surface area contributed by atoms with Crippen molar-refractivity contribution in [2.24, 2.45) is 0 Å². The number of imide groups is 1. The van der Waals surface area contributed by atoms with Gasteiger partial charge in [0.1, 0.15) is 0 Å². The summed E-state index contributed by atoms with van der Waals surface area (Å²) in [5.41, 5.74) is 0. The Hall–Kier alpha value is -1.30. The molecule has 2 rings (SSSR count). The van der Waals surface area contributed by atoms with Gasteiger partial charge in [0, 0.05) is 13.1 Å². The van der Waals surface area contributed by atoms with Gasteiger partial charge in [0.15, 0.2) is 0 Å². The van der Waals surface area contributed by atoms with Crippen LogP contribution in [0.5, 0.6) is 0 Å². The second-order valence-corrected chi connectivity index (χ2v) is 4.11. The minimum Gasteiger partial charge on any atom is -0.336 e. The van der Waals surface area contributed by atoms with Crippen LogP contribution in [-0.2, 0) is 0 Å². The molecule has 84 valence electrons. The molecule has 15 heavy (non-hydrogen) atoms. The van der Waals surface area contributed by atoms with Crippen molar-refractivity contribution >= 4 is 12.1 Å². The first-order valence-electron chi connectivity index (χ1n) is 5.34. The molecule has 0 unspecified atom stereocenters. The van der Waals surface area contributed by atoms with Gasteiger partial charge in [-0.2, -0.15) is 0 Å². The molecule has 2 N–H and O–H groups in total. The van der Waals surface area contributed by atoms with Crippen molar-refractivity contribution in [2.75, 3.05) is 46.3 Å². The summed E-state index contributed by atoms with van der Waals surface area (Å²) >= 11 is 0. The van der Waals surface area contributed by atoms with E-state index in [4.69, 9.17) is 0 Å². The average molecular weight is 213 g/mol. The molecule has 2 aliphatic heterocycles. The lowest BCUT2D eigenvalue weighted by molar-refractivity contribution is -0.883. The van der Waals surface area contributed by atoms with Crippen LogP contribution in [0.15, 0.2) is 0 Å². The van der Waals surface area contributed by atoms with Gasteiger partial charge >= 0.3 is 12.1 Å². The van der Waals surface area contributed by atoms with Crippen molar-refractivity contribution in [1.29, 1.82) is 0 Å². The monoisotopic (exact) mass is 213 g/mol. The Balaban J connectivity index is 1.93. The van der Waals surface area contributed by atoms with Crippen molar-refractivity contribution in [3.8, 4) is 0 Å². The lowest BCUT2D eigenvalue weighted by atomic mass is 10.3. The van der Waals surface area contributed by atoms with Gasteiger partial charge in [0.25, 0.3) is 0 Å². The van der Waals surface area contributed by atoms with E-state index in [1.165, 1.54) is 9.80 Å². The fraction of sp³-hybridized carbons (Fsp3) is 0.778. The normalized spacial score (nSPS) is 23.1. The molecule has 0 atom stereocenters. The molecule has 0 aromatic carbocycles. The van der Waals surface area contributed by atoms with E-state index in [1.807, 2.05) is 0 Å². The van der Waals surface area contributed by atoms with Gasteiger partial charge in [-0.3, -0.25) is 0 Å². The van der Waals surface area contributed by atoms with Crippen molar-refractivity contribution in [1.82, 2.24) is 15.1 Å². The first kappa shape index (κ1) is 10.2. The SMILES string of the molecule is C[NH+]1CCN(C(=O)N2CCNC2=O)CC1. The fourth-order valence-corrected chi connectivity index (χ4v) is 1.90. The van der Waals surface area contributed by atoms with Gasteiger partial charge in [-0.1, -0.05) is 0 Å². The van der Waals surface area contributed by atoms with E-state index in [1.54, 1.807) is 4.90 Å². The highest BCUT2D eigenvalue weighted by Crippen LogP contribution is 2.03. The summed E-state index contributed by atoms with van der Waals surface area (Å²) in [6.45, 7) is 4.48. The Morgan fingerprint density at radius 1 is 1.33 bits per heavy atom. The van der Waals surface area contributed by atoms with Crippen LogP contribution in [0.4, 0.5) is 9.59 Å². The van der Waals surface area contributed by atoms with Crippen LogP contribution in [0.2, 0.25) is 0 Å². The minimum absolute atomic E-state index is 0.141. The summed E-state index contributed by atoms with van der Waals surface area (Å²) in [6.07, 6.45) is 0. The first-order chi connectivity index (χ1) is 7.18. The molecule has 4 amide bonds. The molecule has 0 aliphatic carbocycles. The summed E-state index contributed by atoms with van der Waals surface area (Å²) < 4.78 is 0.